The zero-order valence-electron chi connectivity index (χ0n) is 9.43. The van der Waals surface area contributed by atoms with Crippen molar-refractivity contribution in [2.45, 2.75) is 13.8 Å². The van der Waals surface area contributed by atoms with Crippen LogP contribution in [0.5, 0.6) is 0 Å². The van der Waals surface area contributed by atoms with Crippen LogP contribution in [-0.2, 0) is 0 Å². The van der Waals surface area contributed by atoms with Crippen LogP contribution in [0.4, 0.5) is 0 Å². The van der Waals surface area contributed by atoms with Crippen molar-refractivity contribution in [3.8, 4) is 5.00 Å². The molecule has 3 heterocycles. The average molecular weight is 246 g/mol. The minimum absolute atomic E-state index is 0.340. The Balaban J connectivity index is 2.46. The lowest BCUT2D eigenvalue weighted by Crippen LogP contribution is -2.00. The predicted molar refractivity (Wildman–Crippen MR) is 67.0 cm³/mol. The van der Waals surface area contributed by atoms with Gasteiger partial charge in [-0.15, -0.1) is 11.3 Å². The van der Waals surface area contributed by atoms with Crippen molar-refractivity contribution in [2.24, 2.45) is 0 Å². The molecule has 0 fully saturated rings. The van der Waals surface area contributed by atoms with E-state index in [4.69, 9.17) is 4.42 Å². The van der Waals surface area contributed by atoms with E-state index in [1.54, 1.807) is 16.0 Å². The molecule has 3 aromatic heterocycles. The summed E-state index contributed by atoms with van der Waals surface area (Å²) >= 11 is 1.55. The summed E-state index contributed by atoms with van der Waals surface area (Å²) in [5, 5.41) is 8.25. The maximum atomic E-state index is 11.4. The average Bonchev–Trinajstić information content (AvgIpc) is 2.85. The first-order chi connectivity index (χ1) is 8.16. The summed E-state index contributed by atoms with van der Waals surface area (Å²) in [6, 6.07) is 5.38. The van der Waals surface area contributed by atoms with E-state index in [1.807, 2.05) is 31.4 Å². The lowest BCUT2D eigenvalue weighted by molar-refractivity contribution is 0.535. The van der Waals surface area contributed by atoms with Gasteiger partial charge in [0.1, 0.15) is 5.00 Å². The number of aryl methyl sites for hydroxylation is 2. The topological polar surface area (TPSA) is 48.0 Å². The first-order valence-corrected chi connectivity index (χ1v) is 6.09. The third-order valence-corrected chi connectivity index (χ3v) is 3.50. The fourth-order valence-corrected chi connectivity index (χ4v) is 2.65. The van der Waals surface area contributed by atoms with Crippen LogP contribution in [0, 0.1) is 13.8 Å². The van der Waals surface area contributed by atoms with Crippen molar-refractivity contribution >= 4 is 22.4 Å². The highest BCUT2D eigenvalue weighted by Crippen LogP contribution is 2.25. The van der Waals surface area contributed by atoms with Crippen molar-refractivity contribution in [1.29, 1.82) is 0 Å². The molecule has 0 unspecified atom stereocenters. The van der Waals surface area contributed by atoms with Crippen LogP contribution in [0.15, 0.2) is 32.8 Å². The van der Waals surface area contributed by atoms with Crippen LogP contribution in [0.1, 0.15) is 11.3 Å². The number of hydrogen-bond acceptors (Lipinski definition) is 4. The molecule has 17 heavy (non-hydrogen) atoms. The second kappa shape index (κ2) is 3.56. The monoisotopic (exact) mass is 246 g/mol. The molecular formula is C12H10N2O2S. The molecule has 0 amide bonds. The molecule has 0 radical (unpaired) electrons. The third kappa shape index (κ3) is 1.51. The van der Waals surface area contributed by atoms with Gasteiger partial charge in [-0.2, -0.15) is 9.78 Å². The Hall–Kier alpha value is -1.88. The Kier molecular flexibility index (Phi) is 2.16. The standard InChI is InChI=1S/C12H10N2O2S/c1-7-6-10(15)16-12-11(7)8(2)13-14(12)9-4-3-5-17-9/h3-6H,1-2H3. The van der Waals surface area contributed by atoms with Crippen molar-refractivity contribution in [3.63, 3.8) is 0 Å². The molecule has 0 saturated carbocycles. The van der Waals surface area contributed by atoms with Crippen molar-refractivity contribution in [3.05, 3.63) is 45.3 Å². The molecule has 3 rings (SSSR count). The molecule has 3 aromatic rings. The molecule has 0 saturated heterocycles. The summed E-state index contributed by atoms with van der Waals surface area (Å²) in [4.78, 5) is 11.4. The van der Waals surface area contributed by atoms with Crippen LogP contribution in [0.2, 0.25) is 0 Å². The summed E-state index contributed by atoms with van der Waals surface area (Å²) in [6.07, 6.45) is 0. The lowest BCUT2D eigenvalue weighted by Gasteiger charge is -1.98. The second-order valence-electron chi connectivity index (χ2n) is 3.88. The zero-order valence-corrected chi connectivity index (χ0v) is 10.2. The van der Waals surface area contributed by atoms with Crippen LogP contribution in [0.3, 0.4) is 0 Å². The van der Waals surface area contributed by atoms with Crippen molar-refractivity contribution in [2.75, 3.05) is 0 Å². The predicted octanol–water partition coefficient (Wildman–Crippen LogP) is 2.66. The Morgan fingerprint density at radius 2 is 2.24 bits per heavy atom. The largest absolute Gasteiger partial charge is 0.403 e. The minimum atomic E-state index is -0.340. The Morgan fingerprint density at radius 3 is 2.94 bits per heavy atom. The van der Waals surface area contributed by atoms with Gasteiger partial charge in [-0.1, -0.05) is 0 Å². The first kappa shape index (κ1) is 10.3. The number of hydrogen-bond donors (Lipinski definition) is 0. The Morgan fingerprint density at radius 1 is 1.41 bits per heavy atom. The fraction of sp³-hybridized carbons (Fsp3) is 0.167. The van der Waals surface area contributed by atoms with E-state index in [9.17, 15) is 4.79 Å². The minimum Gasteiger partial charge on any atom is -0.403 e. The van der Waals surface area contributed by atoms with Crippen LogP contribution < -0.4 is 5.63 Å². The highest BCUT2D eigenvalue weighted by atomic mass is 32.1. The molecule has 0 aliphatic heterocycles. The summed E-state index contributed by atoms with van der Waals surface area (Å²) in [5.41, 5.74) is 1.95. The van der Waals surface area contributed by atoms with Gasteiger partial charge < -0.3 is 4.42 Å². The molecule has 0 aliphatic carbocycles. The van der Waals surface area contributed by atoms with Crippen molar-refractivity contribution < 1.29 is 4.42 Å². The molecule has 0 N–H and O–H groups in total. The van der Waals surface area contributed by atoms with Gasteiger partial charge in [-0.05, 0) is 36.9 Å². The Bertz CT molecular complexity index is 738. The van der Waals surface area contributed by atoms with Gasteiger partial charge in [-0.25, -0.2) is 4.79 Å². The molecule has 0 spiro atoms. The summed E-state index contributed by atoms with van der Waals surface area (Å²) in [7, 11) is 0. The number of rotatable bonds is 1. The van der Waals surface area contributed by atoms with Crippen LogP contribution in [-0.4, -0.2) is 9.78 Å². The molecule has 0 atom stereocenters. The van der Waals surface area contributed by atoms with Gasteiger partial charge >= 0.3 is 5.63 Å². The first-order valence-electron chi connectivity index (χ1n) is 5.21. The van der Waals surface area contributed by atoms with Crippen LogP contribution in [0.25, 0.3) is 16.1 Å². The molecule has 0 bridgehead atoms. The zero-order chi connectivity index (χ0) is 12.0. The number of fused-ring (bicyclic) bond motifs is 1. The Labute approximate surface area is 101 Å². The quantitative estimate of drug-likeness (QED) is 0.663. The van der Waals surface area contributed by atoms with E-state index >= 15 is 0 Å². The third-order valence-electron chi connectivity index (χ3n) is 2.66. The smallest absolute Gasteiger partial charge is 0.337 e. The van der Waals surface area contributed by atoms with E-state index in [0.717, 1.165) is 21.6 Å². The van der Waals surface area contributed by atoms with Crippen molar-refractivity contribution in [1.82, 2.24) is 9.78 Å². The summed E-state index contributed by atoms with van der Waals surface area (Å²) in [5.74, 6) is 0. The molecule has 5 heteroatoms. The molecule has 0 aromatic carbocycles. The maximum Gasteiger partial charge on any atom is 0.337 e. The van der Waals surface area contributed by atoms with E-state index in [2.05, 4.69) is 5.10 Å². The van der Waals surface area contributed by atoms with Crippen LogP contribution >= 0.6 is 11.3 Å². The number of nitrogens with zero attached hydrogens (tertiary/aromatic N) is 2. The van der Waals surface area contributed by atoms with E-state index in [-0.39, 0.29) is 5.63 Å². The molecule has 86 valence electrons. The van der Waals surface area contributed by atoms with Gasteiger partial charge in [0.15, 0.2) is 0 Å². The van der Waals surface area contributed by atoms with Gasteiger partial charge in [0.05, 0.1) is 11.1 Å². The summed E-state index contributed by atoms with van der Waals surface area (Å²) in [6.45, 7) is 3.81. The number of thiophene rings is 1. The van der Waals surface area contributed by atoms with Gasteiger partial charge in [0, 0.05) is 6.07 Å². The molecular weight excluding hydrogens is 236 g/mol. The second-order valence-corrected chi connectivity index (χ2v) is 4.80. The highest BCUT2D eigenvalue weighted by Gasteiger charge is 2.14. The van der Waals surface area contributed by atoms with Gasteiger partial charge in [0.25, 0.3) is 0 Å². The van der Waals surface area contributed by atoms with E-state index in [1.165, 1.54) is 6.07 Å². The van der Waals surface area contributed by atoms with Gasteiger partial charge in [0.2, 0.25) is 5.71 Å². The number of aromatic nitrogens is 2. The lowest BCUT2D eigenvalue weighted by atomic mass is 10.2. The fourth-order valence-electron chi connectivity index (χ4n) is 1.97. The van der Waals surface area contributed by atoms with E-state index in [0.29, 0.717) is 5.71 Å². The normalized spacial score (nSPS) is 11.2. The maximum absolute atomic E-state index is 11.4. The van der Waals surface area contributed by atoms with E-state index < -0.39 is 0 Å². The van der Waals surface area contributed by atoms with Gasteiger partial charge in [-0.3, -0.25) is 0 Å². The molecule has 4 nitrogen and oxygen atoms in total. The summed E-state index contributed by atoms with van der Waals surface area (Å²) < 4.78 is 6.95. The SMILES string of the molecule is Cc1cc(=O)oc2c1c(C)nn2-c1cccs1. The highest BCUT2D eigenvalue weighted by molar-refractivity contribution is 7.12. The molecule has 0 aliphatic rings.